The Kier molecular flexibility index (Phi) is 5.07. The van der Waals surface area contributed by atoms with Gasteiger partial charge in [-0.25, -0.2) is 0 Å². The smallest absolute Gasteiger partial charge is 0.0726 e. The van der Waals surface area contributed by atoms with Crippen molar-refractivity contribution in [2.75, 3.05) is 13.1 Å². The topological polar surface area (TPSA) is 12.5 Å². The van der Waals surface area contributed by atoms with Crippen molar-refractivity contribution in [2.24, 2.45) is 0 Å². The second-order valence-electron chi connectivity index (χ2n) is 4.84. The fourth-order valence-corrected chi connectivity index (χ4v) is 1.95. The maximum absolute atomic E-state index is 5.73. The average molecular weight is 223 g/mol. The van der Waals surface area contributed by atoms with Gasteiger partial charge >= 0.3 is 0 Å². The van der Waals surface area contributed by atoms with Gasteiger partial charge in [-0.2, -0.15) is 0 Å². The molecule has 1 heterocycles. The van der Waals surface area contributed by atoms with E-state index >= 15 is 0 Å². The summed E-state index contributed by atoms with van der Waals surface area (Å²) in [4.78, 5) is 2.41. The van der Waals surface area contributed by atoms with E-state index in [2.05, 4.69) is 51.7 Å². The first-order chi connectivity index (χ1) is 7.52. The summed E-state index contributed by atoms with van der Waals surface area (Å²) in [6.07, 6.45) is 6.25. The summed E-state index contributed by atoms with van der Waals surface area (Å²) >= 11 is 0. The van der Waals surface area contributed by atoms with Crippen LogP contribution >= 0.6 is 0 Å². The standard InChI is InChI=1S/C14H25NO/c1-6-11(2)7-8-12(3)15-9-13(4)16-14(5)10-15/h7-8,13-14H,6,9-10H2,1-5H3/b11-7+,12-8+. The molecule has 0 saturated carbocycles. The maximum Gasteiger partial charge on any atom is 0.0726 e. The van der Waals surface area contributed by atoms with Crippen molar-refractivity contribution >= 4 is 0 Å². The van der Waals surface area contributed by atoms with E-state index in [-0.39, 0.29) is 0 Å². The SMILES string of the molecule is CC/C(C)=C/C=C(\C)N1CC(C)OC(C)C1. The first-order valence-electron chi connectivity index (χ1n) is 6.27. The number of rotatable bonds is 3. The van der Waals surface area contributed by atoms with E-state index in [0.29, 0.717) is 12.2 Å². The van der Waals surface area contributed by atoms with Gasteiger partial charge in [0, 0.05) is 18.8 Å². The highest BCUT2D eigenvalue weighted by molar-refractivity contribution is 5.15. The molecule has 2 nitrogen and oxygen atoms in total. The molecule has 0 aromatic heterocycles. The molecule has 1 aliphatic heterocycles. The van der Waals surface area contributed by atoms with Crippen LogP contribution in [0.5, 0.6) is 0 Å². The fourth-order valence-electron chi connectivity index (χ4n) is 1.95. The van der Waals surface area contributed by atoms with Crippen molar-refractivity contribution in [1.82, 2.24) is 4.90 Å². The van der Waals surface area contributed by atoms with E-state index in [1.807, 2.05) is 0 Å². The number of nitrogens with zero attached hydrogens (tertiary/aromatic N) is 1. The Morgan fingerprint density at radius 3 is 2.25 bits per heavy atom. The Labute approximate surface area is 100.0 Å². The van der Waals surface area contributed by atoms with Crippen molar-refractivity contribution in [3.63, 3.8) is 0 Å². The van der Waals surface area contributed by atoms with Crippen LogP contribution in [0.3, 0.4) is 0 Å². The van der Waals surface area contributed by atoms with E-state index < -0.39 is 0 Å². The third-order valence-corrected chi connectivity index (χ3v) is 3.09. The van der Waals surface area contributed by atoms with Gasteiger partial charge in [-0.1, -0.05) is 18.6 Å². The second-order valence-corrected chi connectivity index (χ2v) is 4.84. The molecule has 1 aliphatic rings. The van der Waals surface area contributed by atoms with E-state index in [1.165, 1.54) is 11.3 Å². The molecule has 0 aliphatic carbocycles. The summed E-state index contributed by atoms with van der Waals surface area (Å²) in [6, 6.07) is 0. The van der Waals surface area contributed by atoms with E-state index in [1.54, 1.807) is 0 Å². The predicted molar refractivity (Wildman–Crippen MR) is 69.4 cm³/mol. The summed E-state index contributed by atoms with van der Waals surface area (Å²) in [5, 5.41) is 0. The van der Waals surface area contributed by atoms with Crippen LogP contribution in [0.1, 0.15) is 41.0 Å². The minimum atomic E-state index is 0.336. The highest BCUT2D eigenvalue weighted by Crippen LogP contribution is 2.15. The highest BCUT2D eigenvalue weighted by atomic mass is 16.5. The molecule has 16 heavy (non-hydrogen) atoms. The van der Waals surface area contributed by atoms with Crippen molar-refractivity contribution in [1.29, 1.82) is 0 Å². The summed E-state index contributed by atoms with van der Waals surface area (Å²) in [5.41, 5.74) is 2.77. The normalized spacial score (nSPS) is 28.4. The molecule has 2 unspecified atom stereocenters. The van der Waals surface area contributed by atoms with Crippen molar-refractivity contribution in [2.45, 2.75) is 53.2 Å². The highest BCUT2D eigenvalue weighted by Gasteiger charge is 2.21. The molecule has 92 valence electrons. The number of allylic oxidation sites excluding steroid dienone is 4. The molecule has 0 aromatic rings. The van der Waals surface area contributed by atoms with Crippen LogP contribution in [-0.2, 0) is 4.74 Å². The van der Waals surface area contributed by atoms with Crippen molar-refractivity contribution < 1.29 is 4.74 Å². The minimum Gasteiger partial charge on any atom is -0.372 e. The van der Waals surface area contributed by atoms with Crippen molar-refractivity contribution in [3.8, 4) is 0 Å². The lowest BCUT2D eigenvalue weighted by Gasteiger charge is -2.37. The molecule has 2 atom stereocenters. The predicted octanol–water partition coefficient (Wildman–Crippen LogP) is 3.36. The van der Waals surface area contributed by atoms with Gasteiger partial charge in [-0.15, -0.1) is 0 Å². The quantitative estimate of drug-likeness (QED) is 0.680. The summed E-state index contributed by atoms with van der Waals surface area (Å²) in [5.74, 6) is 0. The van der Waals surface area contributed by atoms with Crippen LogP contribution in [0.15, 0.2) is 23.4 Å². The number of ether oxygens (including phenoxy) is 1. The largest absolute Gasteiger partial charge is 0.372 e. The molecule has 1 fully saturated rings. The number of morpholine rings is 1. The average Bonchev–Trinajstić information content (AvgIpc) is 2.23. The molecule has 0 bridgehead atoms. The first-order valence-corrected chi connectivity index (χ1v) is 6.27. The number of hydrogen-bond donors (Lipinski definition) is 0. The monoisotopic (exact) mass is 223 g/mol. The van der Waals surface area contributed by atoms with E-state index in [0.717, 1.165) is 19.5 Å². The minimum absolute atomic E-state index is 0.336. The summed E-state index contributed by atoms with van der Waals surface area (Å²) in [6.45, 7) is 12.8. The Morgan fingerprint density at radius 2 is 1.75 bits per heavy atom. The molecular weight excluding hydrogens is 198 g/mol. The molecule has 1 saturated heterocycles. The zero-order chi connectivity index (χ0) is 12.1. The lowest BCUT2D eigenvalue weighted by molar-refractivity contribution is -0.0577. The van der Waals surface area contributed by atoms with Crippen LogP contribution in [0.4, 0.5) is 0 Å². The molecular formula is C14H25NO. The molecule has 0 amide bonds. The third kappa shape index (κ3) is 4.01. The van der Waals surface area contributed by atoms with Gasteiger partial charge in [-0.3, -0.25) is 0 Å². The van der Waals surface area contributed by atoms with Gasteiger partial charge < -0.3 is 9.64 Å². The Morgan fingerprint density at radius 1 is 1.19 bits per heavy atom. The van der Waals surface area contributed by atoms with Gasteiger partial charge in [0.15, 0.2) is 0 Å². The van der Waals surface area contributed by atoms with Crippen LogP contribution < -0.4 is 0 Å². The fraction of sp³-hybridized carbons (Fsp3) is 0.714. The van der Waals surface area contributed by atoms with Gasteiger partial charge in [0.05, 0.1) is 12.2 Å². The van der Waals surface area contributed by atoms with Crippen molar-refractivity contribution in [3.05, 3.63) is 23.4 Å². The molecule has 0 spiro atoms. The summed E-state index contributed by atoms with van der Waals surface area (Å²) in [7, 11) is 0. The van der Waals surface area contributed by atoms with Crippen LogP contribution in [0.25, 0.3) is 0 Å². The van der Waals surface area contributed by atoms with Gasteiger partial charge in [0.1, 0.15) is 0 Å². The van der Waals surface area contributed by atoms with E-state index in [4.69, 9.17) is 4.74 Å². The number of hydrogen-bond acceptors (Lipinski definition) is 2. The Hall–Kier alpha value is -0.760. The van der Waals surface area contributed by atoms with Crippen LogP contribution in [0, 0.1) is 0 Å². The molecule has 0 radical (unpaired) electrons. The van der Waals surface area contributed by atoms with Crippen LogP contribution in [-0.4, -0.2) is 30.2 Å². The first kappa shape index (κ1) is 13.3. The zero-order valence-electron chi connectivity index (χ0n) is 11.3. The van der Waals surface area contributed by atoms with E-state index in [9.17, 15) is 0 Å². The zero-order valence-corrected chi connectivity index (χ0v) is 11.3. The van der Waals surface area contributed by atoms with Crippen LogP contribution in [0.2, 0.25) is 0 Å². The second kappa shape index (κ2) is 6.09. The third-order valence-electron chi connectivity index (χ3n) is 3.09. The van der Waals surface area contributed by atoms with Gasteiger partial charge in [0.25, 0.3) is 0 Å². The Bertz CT molecular complexity index is 270. The Balaban J connectivity index is 2.62. The van der Waals surface area contributed by atoms with Gasteiger partial charge in [0.2, 0.25) is 0 Å². The lowest BCUT2D eigenvalue weighted by atomic mass is 10.2. The lowest BCUT2D eigenvalue weighted by Crippen LogP contribution is -2.44. The molecule has 0 N–H and O–H groups in total. The molecule has 0 aromatic carbocycles. The van der Waals surface area contributed by atoms with Gasteiger partial charge in [-0.05, 0) is 40.2 Å². The molecule has 2 heteroatoms. The molecule has 1 rings (SSSR count). The maximum atomic E-state index is 5.73. The summed E-state index contributed by atoms with van der Waals surface area (Å²) < 4.78 is 5.73.